The molecule has 122 valence electrons. The van der Waals surface area contributed by atoms with Gasteiger partial charge in [-0.15, -0.1) is 0 Å². The number of hydrogen-bond donors (Lipinski definition) is 1. The smallest absolute Gasteiger partial charge is 0.257 e. The maximum absolute atomic E-state index is 6.40. The lowest BCUT2D eigenvalue weighted by Gasteiger charge is -2.17. The van der Waals surface area contributed by atoms with Gasteiger partial charge < -0.3 is 10.3 Å². The summed E-state index contributed by atoms with van der Waals surface area (Å²) in [5, 5.41) is 4.13. The molecule has 1 aromatic heterocycles. The fraction of sp³-hybridized carbons (Fsp3) is 0.556. The van der Waals surface area contributed by atoms with Crippen molar-refractivity contribution in [3.63, 3.8) is 0 Å². The van der Waals surface area contributed by atoms with Crippen LogP contribution < -0.4 is 5.73 Å². The van der Waals surface area contributed by atoms with Gasteiger partial charge in [-0.2, -0.15) is 4.98 Å². The van der Waals surface area contributed by atoms with Gasteiger partial charge in [0.1, 0.15) is 0 Å². The lowest BCUT2D eigenvalue weighted by molar-refractivity contribution is 0.331. The fourth-order valence-corrected chi connectivity index (χ4v) is 3.72. The predicted molar refractivity (Wildman–Crippen MR) is 88.6 cm³/mol. The summed E-state index contributed by atoms with van der Waals surface area (Å²) in [4.78, 5) is 7.05. The first-order valence-electron chi connectivity index (χ1n) is 8.68. The van der Waals surface area contributed by atoms with E-state index in [0.29, 0.717) is 11.7 Å². The van der Waals surface area contributed by atoms with Crippen LogP contribution in [0.4, 0.5) is 0 Å². The van der Waals surface area contributed by atoms with Gasteiger partial charge in [0.15, 0.2) is 5.82 Å². The summed E-state index contributed by atoms with van der Waals surface area (Å²) in [6.07, 6.45) is 6.83. The zero-order chi connectivity index (χ0) is 15.7. The van der Waals surface area contributed by atoms with E-state index in [0.717, 1.165) is 37.8 Å². The molecule has 23 heavy (non-hydrogen) atoms. The van der Waals surface area contributed by atoms with Gasteiger partial charge in [0, 0.05) is 12.1 Å². The minimum atomic E-state index is -0.391. The Morgan fingerprint density at radius 1 is 1.04 bits per heavy atom. The Morgan fingerprint density at radius 2 is 1.74 bits per heavy atom. The van der Waals surface area contributed by atoms with Crippen LogP contribution in [0.5, 0.6) is 0 Å². The molecule has 1 saturated heterocycles. The normalized spacial score (nSPS) is 21.1. The standard InChI is InChI=1S/C18H24N4O/c19-18(9-1-2-10-18)17-20-16(23-21-17)15-7-5-14(6-8-15)13-22-11-3-4-12-22/h5-8H,1-4,9-13,19H2. The van der Waals surface area contributed by atoms with Crippen LogP contribution in [-0.4, -0.2) is 28.1 Å². The zero-order valence-corrected chi connectivity index (χ0v) is 13.5. The average Bonchev–Trinajstić information content (AvgIpc) is 3.29. The van der Waals surface area contributed by atoms with Gasteiger partial charge in [0.2, 0.25) is 0 Å². The molecule has 0 amide bonds. The second kappa shape index (κ2) is 6.06. The van der Waals surface area contributed by atoms with Gasteiger partial charge in [0.25, 0.3) is 5.89 Å². The van der Waals surface area contributed by atoms with Crippen LogP contribution in [0.2, 0.25) is 0 Å². The molecule has 2 aromatic rings. The highest BCUT2D eigenvalue weighted by molar-refractivity contribution is 5.53. The lowest BCUT2D eigenvalue weighted by atomic mass is 9.99. The van der Waals surface area contributed by atoms with Crippen molar-refractivity contribution in [2.45, 2.75) is 50.6 Å². The molecule has 1 saturated carbocycles. The topological polar surface area (TPSA) is 68.2 Å². The van der Waals surface area contributed by atoms with Crippen molar-refractivity contribution in [2.75, 3.05) is 13.1 Å². The summed E-state index contributed by atoms with van der Waals surface area (Å²) >= 11 is 0. The Balaban J connectivity index is 1.48. The van der Waals surface area contributed by atoms with E-state index in [2.05, 4.69) is 39.3 Å². The Labute approximate surface area is 136 Å². The Morgan fingerprint density at radius 3 is 2.43 bits per heavy atom. The van der Waals surface area contributed by atoms with E-state index in [4.69, 9.17) is 10.3 Å². The third-order valence-electron chi connectivity index (χ3n) is 5.17. The number of benzene rings is 1. The first-order chi connectivity index (χ1) is 11.2. The Kier molecular flexibility index (Phi) is 3.91. The van der Waals surface area contributed by atoms with Crippen molar-refractivity contribution in [1.82, 2.24) is 15.0 Å². The highest BCUT2D eigenvalue weighted by Crippen LogP contribution is 2.35. The van der Waals surface area contributed by atoms with E-state index < -0.39 is 5.54 Å². The lowest BCUT2D eigenvalue weighted by Crippen LogP contribution is -2.34. The molecule has 2 fully saturated rings. The van der Waals surface area contributed by atoms with Crippen LogP contribution in [0, 0.1) is 0 Å². The molecule has 1 aliphatic carbocycles. The highest BCUT2D eigenvalue weighted by atomic mass is 16.5. The summed E-state index contributed by atoms with van der Waals surface area (Å²) < 4.78 is 5.45. The summed E-state index contributed by atoms with van der Waals surface area (Å²) in [7, 11) is 0. The molecule has 2 aliphatic rings. The van der Waals surface area contributed by atoms with Gasteiger partial charge in [-0.1, -0.05) is 30.1 Å². The Bertz CT molecular complexity index is 652. The molecule has 0 spiro atoms. The predicted octanol–water partition coefficient (Wildman–Crippen LogP) is 3.06. The van der Waals surface area contributed by atoms with Crippen molar-refractivity contribution in [3.05, 3.63) is 35.7 Å². The molecule has 1 aromatic carbocycles. The Hall–Kier alpha value is -1.72. The number of nitrogens with zero attached hydrogens (tertiary/aromatic N) is 3. The number of hydrogen-bond acceptors (Lipinski definition) is 5. The van der Waals surface area contributed by atoms with E-state index in [9.17, 15) is 0 Å². The summed E-state index contributed by atoms with van der Waals surface area (Å²) in [5.74, 6) is 1.23. The van der Waals surface area contributed by atoms with Crippen LogP contribution in [-0.2, 0) is 12.1 Å². The fourth-order valence-electron chi connectivity index (χ4n) is 3.72. The van der Waals surface area contributed by atoms with Gasteiger partial charge in [-0.25, -0.2) is 0 Å². The minimum absolute atomic E-state index is 0.391. The van der Waals surface area contributed by atoms with Gasteiger partial charge in [-0.3, -0.25) is 4.90 Å². The van der Waals surface area contributed by atoms with E-state index in [1.165, 1.54) is 31.5 Å². The maximum Gasteiger partial charge on any atom is 0.257 e. The van der Waals surface area contributed by atoms with E-state index in [-0.39, 0.29) is 0 Å². The van der Waals surface area contributed by atoms with Crippen LogP contribution in [0.1, 0.15) is 49.9 Å². The number of likely N-dealkylation sites (tertiary alicyclic amines) is 1. The van der Waals surface area contributed by atoms with Crippen molar-refractivity contribution >= 4 is 0 Å². The first kappa shape index (κ1) is 14.8. The average molecular weight is 312 g/mol. The molecule has 1 aliphatic heterocycles. The van der Waals surface area contributed by atoms with E-state index in [1.54, 1.807) is 0 Å². The monoisotopic (exact) mass is 312 g/mol. The third-order valence-corrected chi connectivity index (χ3v) is 5.17. The molecule has 0 atom stereocenters. The van der Waals surface area contributed by atoms with Crippen molar-refractivity contribution in [2.24, 2.45) is 5.73 Å². The number of aromatic nitrogens is 2. The molecule has 5 nitrogen and oxygen atoms in total. The van der Waals surface area contributed by atoms with Crippen LogP contribution >= 0.6 is 0 Å². The molecule has 2 heterocycles. The quantitative estimate of drug-likeness (QED) is 0.939. The molecular weight excluding hydrogens is 288 g/mol. The third kappa shape index (κ3) is 3.03. The second-order valence-electron chi connectivity index (χ2n) is 6.97. The first-order valence-corrected chi connectivity index (χ1v) is 8.68. The van der Waals surface area contributed by atoms with E-state index >= 15 is 0 Å². The van der Waals surface area contributed by atoms with Crippen molar-refractivity contribution in [3.8, 4) is 11.5 Å². The summed E-state index contributed by atoms with van der Waals surface area (Å²) in [5.41, 5.74) is 8.31. The largest absolute Gasteiger partial charge is 0.334 e. The SMILES string of the molecule is NC1(c2noc(-c3ccc(CN4CCCC4)cc3)n2)CCCC1. The number of rotatable bonds is 4. The van der Waals surface area contributed by atoms with Crippen LogP contribution in [0.3, 0.4) is 0 Å². The highest BCUT2D eigenvalue weighted by Gasteiger charge is 2.36. The van der Waals surface area contributed by atoms with Gasteiger partial charge >= 0.3 is 0 Å². The van der Waals surface area contributed by atoms with Crippen LogP contribution in [0.25, 0.3) is 11.5 Å². The molecule has 4 rings (SSSR count). The molecule has 2 N–H and O–H groups in total. The maximum atomic E-state index is 6.40. The van der Waals surface area contributed by atoms with Gasteiger partial charge in [0.05, 0.1) is 5.54 Å². The molecule has 0 bridgehead atoms. The number of nitrogens with two attached hydrogens (primary N) is 1. The minimum Gasteiger partial charge on any atom is -0.334 e. The van der Waals surface area contributed by atoms with Crippen molar-refractivity contribution in [1.29, 1.82) is 0 Å². The van der Waals surface area contributed by atoms with Gasteiger partial charge in [-0.05, 0) is 56.5 Å². The molecule has 0 unspecified atom stereocenters. The summed E-state index contributed by atoms with van der Waals surface area (Å²) in [6, 6.07) is 8.46. The summed E-state index contributed by atoms with van der Waals surface area (Å²) in [6.45, 7) is 3.46. The molecule has 0 radical (unpaired) electrons. The van der Waals surface area contributed by atoms with E-state index in [1.807, 2.05) is 0 Å². The zero-order valence-electron chi connectivity index (χ0n) is 13.5. The van der Waals surface area contributed by atoms with Crippen LogP contribution in [0.15, 0.2) is 28.8 Å². The van der Waals surface area contributed by atoms with Crippen molar-refractivity contribution < 1.29 is 4.52 Å². The molecular formula is C18H24N4O. The second-order valence-corrected chi connectivity index (χ2v) is 6.97. The molecule has 5 heteroatoms.